The van der Waals surface area contributed by atoms with Crippen LogP contribution in [-0.4, -0.2) is 4.98 Å². The summed E-state index contributed by atoms with van der Waals surface area (Å²) in [5, 5.41) is 2.21. The minimum absolute atomic E-state index is 0.640. The predicted molar refractivity (Wildman–Crippen MR) is 208 cm³/mol. The minimum Gasteiger partial charge on any atom is -0.435 e. The van der Waals surface area contributed by atoms with Gasteiger partial charge in [-0.1, -0.05) is 140 Å². The first-order valence-corrected chi connectivity index (χ1v) is 16.9. The lowest BCUT2D eigenvalue weighted by Crippen LogP contribution is -2.09. The van der Waals surface area contributed by atoms with Gasteiger partial charge in [0.15, 0.2) is 5.58 Å². The summed E-state index contributed by atoms with van der Waals surface area (Å²) < 4.78 is 6.33. The maximum Gasteiger partial charge on any atom is 0.227 e. The first-order chi connectivity index (χ1) is 24.8. The van der Waals surface area contributed by atoms with E-state index in [1.54, 1.807) is 0 Å². The monoisotopic (exact) mass is 640 g/mol. The lowest BCUT2D eigenvalue weighted by Gasteiger charge is -2.26. The Morgan fingerprint density at radius 2 is 0.820 bits per heavy atom. The highest BCUT2D eigenvalue weighted by Crippen LogP contribution is 2.38. The van der Waals surface area contributed by atoms with E-state index in [0.29, 0.717) is 5.89 Å². The Balaban J connectivity index is 1.01. The van der Waals surface area contributed by atoms with E-state index in [4.69, 9.17) is 9.40 Å². The normalized spacial score (nSPS) is 11.2. The molecule has 0 aliphatic carbocycles. The van der Waals surface area contributed by atoms with Crippen molar-refractivity contribution in [1.29, 1.82) is 0 Å². The molecule has 9 aromatic rings. The Bertz CT molecular complexity index is 2540. The summed E-state index contributed by atoms with van der Waals surface area (Å²) in [6.07, 6.45) is 0. The van der Waals surface area contributed by atoms with E-state index in [9.17, 15) is 0 Å². The second-order valence-electron chi connectivity index (χ2n) is 12.4. The van der Waals surface area contributed by atoms with E-state index in [1.807, 2.05) is 30.3 Å². The number of aromatic nitrogens is 1. The SMILES string of the molecule is c1ccc(-c2ccc(N(c3ccccc3)c3ccc(-c4ccc(-c5cccc6c5ccc5nc(-c7ccccc7)oc56)cc4)cc3)cc2)cc1. The number of oxazole rings is 1. The molecule has 0 unspecified atom stereocenters. The van der Waals surface area contributed by atoms with Crippen LogP contribution < -0.4 is 4.90 Å². The zero-order valence-corrected chi connectivity index (χ0v) is 27.3. The largest absolute Gasteiger partial charge is 0.435 e. The molecule has 0 atom stereocenters. The minimum atomic E-state index is 0.640. The summed E-state index contributed by atoms with van der Waals surface area (Å²) in [5.41, 5.74) is 13.1. The first kappa shape index (κ1) is 29.4. The number of anilines is 3. The first-order valence-electron chi connectivity index (χ1n) is 16.9. The van der Waals surface area contributed by atoms with Crippen molar-refractivity contribution in [2.24, 2.45) is 0 Å². The highest BCUT2D eigenvalue weighted by atomic mass is 16.3. The van der Waals surface area contributed by atoms with Gasteiger partial charge < -0.3 is 9.32 Å². The van der Waals surface area contributed by atoms with Crippen molar-refractivity contribution >= 4 is 38.9 Å². The molecule has 0 bridgehead atoms. The molecule has 3 heteroatoms. The molecule has 0 amide bonds. The number of rotatable bonds is 7. The van der Waals surface area contributed by atoms with Crippen LogP contribution in [0.1, 0.15) is 0 Å². The molecule has 0 saturated carbocycles. The summed E-state index contributed by atoms with van der Waals surface area (Å²) >= 11 is 0. The number of nitrogens with zero attached hydrogens (tertiary/aromatic N) is 2. The van der Waals surface area contributed by atoms with Gasteiger partial charge in [-0.3, -0.25) is 0 Å². The summed E-state index contributed by atoms with van der Waals surface area (Å²) in [5.74, 6) is 0.640. The molecule has 8 aromatic carbocycles. The average Bonchev–Trinajstić information content (AvgIpc) is 3.65. The van der Waals surface area contributed by atoms with Crippen LogP contribution in [0.2, 0.25) is 0 Å². The molecule has 1 aromatic heterocycles. The molecule has 3 nitrogen and oxygen atoms in total. The van der Waals surface area contributed by atoms with Crippen LogP contribution in [-0.2, 0) is 0 Å². The molecule has 0 radical (unpaired) electrons. The standard InChI is InChI=1S/C47H32N2O/c1-4-11-33(12-5-1)35-23-27-40(28-24-35)49(39-15-8-3-9-16-39)41-29-25-36(26-30-41)34-19-21-37(22-20-34)42-17-10-18-44-43(42)31-32-45-46(44)50-47(48-45)38-13-6-2-7-14-38/h1-32H. The molecule has 236 valence electrons. The molecule has 1 heterocycles. The van der Waals surface area contributed by atoms with Crippen LogP contribution in [0.4, 0.5) is 17.1 Å². The lowest BCUT2D eigenvalue weighted by atomic mass is 9.96. The molecular weight excluding hydrogens is 609 g/mol. The molecule has 0 spiro atoms. The van der Waals surface area contributed by atoms with Gasteiger partial charge in [0.25, 0.3) is 0 Å². The number of hydrogen-bond acceptors (Lipinski definition) is 3. The third-order valence-corrected chi connectivity index (χ3v) is 9.33. The molecule has 9 rings (SSSR count). The third kappa shape index (κ3) is 5.51. The van der Waals surface area contributed by atoms with Crippen molar-refractivity contribution in [1.82, 2.24) is 4.98 Å². The van der Waals surface area contributed by atoms with Gasteiger partial charge in [0.05, 0.1) is 0 Å². The van der Waals surface area contributed by atoms with Crippen molar-refractivity contribution < 1.29 is 4.42 Å². The molecule has 0 saturated heterocycles. The van der Waals surface area contributed by atoms with Gasteiger partial charge in [-0.2, -0.15) is 0 Å². The second-order valence-corrected chi connectivity index (χ2v) is 12.4. The predicted octanol–water partition coefficient (Wildman–Crippen LogP) is 13.1. The zero-order chi connectivity index (χ0) is 33.3. The number of fused-ring (bicyclic) bond motifs is 3. The fourth-order valence-electron chi connectivity index (χ4n) is 6.80. The summed E-state index contributed by atoms with van der Waals surface area (Å²) in [7, 11) is 0. The molecule has 50 heavy (non-hydrogen) atoms. The smallest absolute Gasteiger partial charge is 0.227 e. The van der Waals surface area contributed by atoms with E-state index in [0.717, 1.165) is 50.1 Å². The van der Waals surface area contributed by atoms with Crippen LogP contribution in [0.5, 0.6) is 0 Å². The van der Waals surface area contributed by atoms with Gasteiger partial charge in [0.2, 0.25) is 5.89 Å². The van der Waals surface area contributed by atoms with Crippen LogP contribution in [0.25, 0.3) is 66.7 Å². The number of hydrogen-bond donors (Lipinski definition) is 0. The van der Waals surface area contributed by atoms with E-state index < -0.39 is 0 Å². The van der Waals surface area contributed by atoms with Crippen molar-refractivity contribution in [3.63, 3.8) is 0 Å². The molecule has 0 aliphatic heterocycles. The van der Waals surface area contributed by atoms with Crippen LogP contribution >= 0.6 is 0 Å². The Kier molecular flexibility index (Phi) is 7.49. The van der Waals surface area contributed by atoms with Crippen LogP contribution in [0.3, 0.4) is 0 Å². The van der Waals surface area contributed by atoms with Gasteiger partial charge in [-0.25, -0.2) is 4.98 Å². The molecule has 0 aliphatic rings. The van der Waals surface area contributed by atoms with E-state index in [1.165, 1.54) is 27.8 Å². The Morgan fingerprint density at radius 3 is 1.42 bits per heavy atom. The zero-order valence-electron chi connectivity index (χ0n) is 27.3. The number of para-hydroxylation sites is 1. The fourth-order valence-corrected chi connectivity index (χ4v) is 6.80. The van der Waals surface area contributed by atoms with Crippen LogP contribution in [0, 0.1) is 0 Å². The summed E-state index contributed by atoms with van der Waals surface area (Å²) in [4.78, 5) is 7.08. The molecule has 0 fully saturated rings. The fraction of sp³-hybridized carbons (Fsp3) is 0. The average molecular weight is 641 g/mol. The van der Waals surface area contributed by atoms with Crippen molar-refractivity contribution in [2.45, 2.75) is 0 Å². The van der Waals surface area contributed by atoms with Gasteiger partial charge in [0, 0.05) is 28.0 Å². The lowest BCUT2D eigenvalue weighted by molar-refractivity contribution is 0.623. The van der Waals surface area contributed by atoms with Gasteiger partial charge in [-0.05, 0) is 93.4 Å². The summed E-state index contributed by atoms with van der Waals surface area (Å²) in [6, 6.07) is 68.2. The Labute approximate surface area is 291 Å². The summed E-state index contributed by atoms with van der Waals surface area (Å²) in [6.45, 7) is 0. The topological polar surface area (TPSA) is 29.3 Å². The quantitative estimate of drug-likeness (QED) is 0.174. The maximum atomic E-state index is 6.33. The highest BCUT2D eigenvalue weighted by molar-refractivity contribution is 6.09. The Morgan fingerprint density at radius 1 is 0.340 bits per heavy atom. The van der Waals surface area contributed by atoms with Crippen molar-refractivity contribution in [3.05, 3.63) is 194 Å². The molecule has 0 N–H and O–H groups in total. The number of benzene rings is 8. The second kappa shape index (κ2) is 12.7. The van der Waals surface area contributed by atoms with E-state index in [-0.39, 0.29) is 0 Å². The van der Waals surface area contributed by atoms with Crippen LogP contribution in [0.15, 0.2) is 199 Å². The van der Waals surface area contributed by atoms with Gasteiger partial charge in [-0.15, -0.1) is 0 Å². The van der Waals surface area contributed by atoms with E-state index in [2.05, 4.69) is 169 Å². The van der Waals surface area contributed by atoms with Gasteiger partial charge in [0.1, 0.15) is 5.52 Å². The van der Waals surface area contributed by atoms with E-state index >= 15 is 0 Å². The maximum absolute atomic E-state index is 6.33. The molecular formula is C47H32N2O. The third-order valence-electron chi connectivity index (χ3n) is 9.33. The van der Waals surface area contributed by atoms with Gasteiger partial charge >= 0.3 is 0 Å². The Hall–Kier alpha value is -6.71. The highest BCUT2D eigenvalue weighted by Gasteiger charge is 2.15. The van der Waals surface area contributed by atoms with Crippen molar-refractivity contribution in [2.75, 3.05) is 4.90 Å². The van der Waals surface area contributed by atoms with Crippen molar-refractivity contribution in [3.8, 4) is 44.8 Å².